The van der Waals surface area contributed by atoms with Crippen molar-refractivity contribution in [3.63, 3.8) is 0 Å². The van der Waals surface area contributed by atoms with Crippen molar-refractivity contribution in [2.24, 2.45) is 0 Å². The van der Waals surface area contributed by atoms with Gasteiger partial charge in [-0.15, -0.1) is 0 Å². The summed E-state index contributed by atoms with van der Waals surface area (Å²) in [5, 5.41) is 9.15. The van der Waals surface area contributed by atoms with Crippen LogP contribution in [0.1, 0.15) is 36.9 Å². The lowest BCUT2D eigenvalue weighted by Gasteiger charge is -2.19. The van der Waals surface area contributed by atoms with Crippen LogP contribution in [0.4, 0.5) is 11.4 Å². The lowest BCUT2D eigenvalue weighted by Crippen LogP contribution is -2.36. The largest absolute Gasteiger partial charge is 0.493 e. The maximum Gasteiger partial charge on any atom is 0.246 e. The van der Waals surface area contributed by atoms with Crippen LogP contribution in [-0.4, -0.2) is 58.0 Å². The molecule has 2 aliphatic rings. The second-order valence-electron chi connectivity index (χ2n) is 10.6. The lowest BCUT2D eigenvalue weighted by molar-refractivity contribution is -0.120. The van der Waals surface area contributed by atoms with Crippen LogP contribution >= 0.6 is 11.8 Å². The molecule has 0 fully saturated rings. The van der Waals surface area contributed by atoms with Gasteiger partial charge in [0, 0.05) is 24.2 Å². The molecule has 2 atom stereocenters. The average molecular weight is 636 g/mol. The summed E-state index contributed by atoms with van der Waals surface area (Å²) in [5.74, 6) is 2.75. The number of hydrogen-bond acceptors (Lipinski definition) is 10. The average Bonchev–Trinajstić information content (AvgIpc) is 3.38. The Kier molecular flexibility index (Phi) is 9.92. The predicted molar refractivity (Wildman–Crippen MR) is 174 cm³/mol. The first-order valence-corrected chi connectivity index (χ1v) is 15.9. The molecule has 3 aromatic rings. The van der Waals surface area contributed by atoms with Crippen molar-refractivity contribution >= 4 is 35.0 Å². The molecule has 0 aromatic heterocycles. The molecule has 2 unspecified atom stereocenters. The van der Waals surface area contributed by atoms with Gasteiger partial charge in [-0.2, -0.15) is 11.8 Å². The molecule has 0 radical (unpaired) electrons. The number of hydrogen-bond donors (Lipinski definition) is 3. The van der Waals surface area contributed by atoms with Crippen LogP contribution in [0.5, 0.6) is 28.7 Å². The number of carbonyl (C=O) groups is 2. The van der Waals surface area contributed by atoms with Crippen molar-refractivity contribution in [2.75, 3.05) is 50.8 Å². The molecule has 1 aliphatic heterocycles. The second kappa shape index (κ2) is 14.0. The van der Waals surface area contributed by atoms with Crippen molar-refractivity contribution < 1.29 is 33.3 Å². The van der Waals surface area contributed by atoms with E-state index < -0.39 is 12.1 Å². The van der Waals surface area contributed by atoms with Crippen LogP contribution in [0.25, 0.3) is 11.1 Å². The van der Waals surface area contributed by atoms with Gasteiger partial charge in [0.2, 0.25) is 29.8 Å². The molecular formula is C33H37N3O8S. The number of amides is 2. The molecule has 2 amide bonds. The summed E-state index contributed by atoms with van der Waals surface area (Å²) in [6, 6.07) is 11.0. The van der Waals surface area contributed by atoms with Crippen LogP contribution in [0.15, 0.2) is 47.3 Å². The smallest absolute Gasteiger partial charge is 0.246 e. The highest BCUT2D eigenvalue weighted by Gasteiger charge is 2.30. The fourth-order valence-electron chi connectivity index (χ4n) is 5.72. The van der Waals surface area contributed by atoms with E-state index in [0.717, 1.165) is 11.1 Å². The van der Waals surface area contributed by atoms with Crippen molar-refractivity contribution in [1.82, 2.24) is 5.32 Å². The molecule has 5 rings (SSSR count). The van der Waals surface area contributed by atoms with Gasteiger partial charge in [-0.1, -0.05) is 6.07 Å². The van der Waals surface area contributed by atoms with E-state index in [1.807, 2.05) is 18.4 Å². The highest BCUT2D eigenvalue weighted by molar-refractivity contribution is 7.98. The third-order valence-corrected chi connectivity index (χ3v) is 8.46. The highest BCUT2D eigenvalue weighted by atomic mass is 32.2. The molecule has 12 heteroatoms. The number of benzene rings is 2. The molecule has 1 heterocycles. The maximum absolute atomic E-state index is 13.8. The third-order valence-electron chi connectivity index (χ3n) is 7.81. The van der Waals surface area contributed by atoms with E-state index in [0.29, 0.717) is 70.6 Å². The molecule has 0 saturated carbocycles. The first kappa shape index (κ1) is 31.8. The Bertz CT molecular complexity index is 1660. The standard InChI is InChI=1S/C33H37N3O8S/c1-18(37)34-23-9-6-19-14-29(40-2)31(41-3)32(42-4)30(19)21-8-10-24(26(38)16-22(21)23)36-25(12-13-45-5)33(39)35-20-7-11-27-28(15-20)44-17-43-27/h7-8,10-11,14-16,23,25H,6,9,12-13,17H2,1-5H3,(H,34,37)(H,35,39)(H,36,38). The summed E-state index contributed by atoms with van der Waals surface area (Å²) in [6.45, 7) is 1.58. The molecule has 3 aromatic carbocycles. The summed E-state index contributed by atoms with van der Waals surface area (Å²) in [5.41, 5.74) is 3.50. The van der Waals surface area contributed by atoms with E-state index in [9.17, 15) is 14.4 Å². The summed E-state index contributed by atoms with van der Waals surface area (Å²) in [6.07, 6.45) is 3.56. The van der Waals surface area contributed by atoms with Crippen LogP contribution in [0.2, 0.25) is 0 Å². The number of thioether (sulfide) groups is 1. The second-order valence-corrected chi connectivity index (χ2v) is 11.6. The Morgan fingerprint density at radius 3 is 2.49 bits per heavy atom. The van der Waals surface area contributed by atoms with Crippen LogP contribution in [-0.2, 0) is 16.0 Å². The van der Waals surface area contributed by atoms with Crippen molar-refractivity contribution in [1.29, 1.82) is 0 Å². The Morgan fingerprint density at radius 1 is 1.00 bits per heavy atom. The number of ether oxygens (including phenoxy) is 5. The van der Waals surface area contributed by atoms with Gasteiger partial charge in [-0.25, -0.2) is 0 Å². The molecule has 0 saturated heterocycles. The van der Waals surface area contributed by atoms with E-state index >= 15 is 0 Å². The van der Waals surface area contributed by atoms with E-state index in [1.165, 1.54) is 20.1 Å². The highest BCUT2D eigenvalue weighted by Crippen LogP contribution is 2.50. The SMILES string of the molecule is COc1cc2c(c(OC)c1OC)-c1ccc(NC(CCSC)C(=O)Nc3ccc4c(c3)OCO4)c(=O)cc1C(NC(C)=O)CC2. The summed E-state index contributed by atoms with van der Waals surface area (Å²) in [7, 11) is 4.65. The Balaban J connectivity index is 1.57. The van der Waals surface area contributed by atoms with E-state index in [1.54, 1.807) is 50.2 Å². The number of aryl methyl sites for hydroxylation is 1. The molecule has 1 aliphatic carbocycles. The molecule has 238 valence electrons. The number of rotatable bonds is 11. The Labute approximate surface area is 265 Å². The Hall–Kier alpha value is -4.58. The fourth-order valence-corrected chi connectivity index (χ4v) is 6.19. The van der Waals surface area contributed by atoms with Gasteiger partial charge in [0.1, 0.15) is 6.04 Å². The molecular weight excluding hydrogens is 598 g/mol. The Morgan fingerprint density at radius 2 is 1.78 bits per heavy atom. The number of fused-ring (bicyclic) bond motifs is 4. The maximum atomic E-state index is 13.8. The molecule has 0 bridgehead atoms. The van der Waals surface area contributed by atoms with Gasteiger partial charge < -0.3 is 39.6 Å². The number of methoxy groups -OCH3 is 3. The lowest BCUT2D eigenvalue weighted by atomic mass is 9.95. The zero-order chi connectivity index (χ0) is 32.1. The van der Waals surface area contributed by atoms with Gasteiger partial charge >= 0.3 is 0 Å². The minimum Gasteiger partial charge on any atom is -0.493 e. The summed E-state index contributed by atoms with van der Waals surface area (Å²) >= 11 is 1.60. The van der Waals surface area contributed by atoms with Gasteiger partial charge in [0.05, 0.1) is 33.1 Å². The number of nitrogens with one attached hydrogen (secondary N) is 3. The van der Waals surface area contributed by atoms with Crippen LogP contribution in [0, 0.1) is 0 Å². The van der Waals surface area contributed by atoms with Gasteiger partial charge in [0.25, 0.3) is 0 Å². The van der Waals surface area contributed by atoms with E-state index in [2.05, 4.69) is 16.0 Å². The molecule has 11 nitrogen and oxygen atoms in total. The number of carbonyl (C=O) groups excluding carboxylic acids is 2. The van der Waals surface area contributed by atoms with Crippen LogP contribution < -0.4 is 45.1 Å². The monoisotopic (exact) mass is 635 g/mol. The molecule has 0 spiro atoms. The zero-order valence-corrected chi connectivity index (χ0v) is 26.7. The molecule has 3 N–H and O–H groups in total. The van der Waals surface area contributed by atoms with Crippen molar-refractivity contribution in [3.8, 4) is 39.9 Å². The van der Waals surface area contributed by atoms with Gasteiger partial charge in [0.15, 0.2) is 23.0 Å². The normalized spacial score (nSPS) is 15.1. The summed E-state index contributed by atoms with van der Waals surface area (Å²) in [4.78, 5) is 39.6. The minimum absolute atomic E-state index is 0.130. The topological polar surface area (TPSA) is 133 Å². The molecule has 45 heavy (non-hydrogen) atoms. The van der Waals surface area contributed by atoms with Gasteiger partial charge in [-0.3, -0.25) is 14.4 Å². The zero-order valence-electron chi connectivity index (χ0n) is 25.9. The van der Waals surface area contributed by atoms with E-state index in [-0.39, 0.29) is 29.7 Å². The van der Waals surface area contributed by atoms with E-state index in [4.69, 9.17) is 23.7 Å². The van der Waals surface area contributed by atoms with Crippen molar-refractivity contribution in [3.05, 3.63) is 63.8 Å². The third kappa shape index (κ3) is 6.75. The fraction of sp³-hybridized carbons (Fsp3) is 0.364. The van der Waals surface area contributed by atoms with Gasteiger partial charge in [-0.05, 0) is 78.3 Å². The first-order chi connectivity index (χ1) is 21.8. The van der Waals surface area contributed by atoms with Crippen molar-refractivity contribution in [2.45, 2.75) is 38.3 Å². The number of anilines is 2. The predicted octanol–water partition coefficient (Wildman–Crippen LogP) is 4.76. The van der Waals surface area contributed by atoms with Crippen LogP contribution in [0.3, 0.4) is 0 Å². The summed E-state index contributed by atoms with van der Waals surface area (Å²) < 4.78 is 28.0. The first-order valence-electron chi connectivity index (χ1n) is 14.5. The minimum atomic E-state index is -0.713. The quantitative estimate of drug-likeness (QED) is 0.271.